The van der Waals surface area contributed by atoms with Crippen LogP contribution in [0, 0.1) is 5.92 Å². The fourth-order valence-corrected chi connectivity index (χ4v) is 4.50. The molecule has 0 aliphatic carbocycles. The van der Waals surface area contributed by atoms with Gasteiger partial charge in [-0.1, -0.05) is 30.3 Å². The molecule has 3 heteroatoms. The summed E-state index contributed by atoms with van der Waals surface area (Å²) in [5, 5.41) is 0. The van der Waals surface area contributed by atoms with Crippen LogP contribution in [0.3, 0.4) is 0 Å². The summed E-state index contributed by atoms with van der Waals surface area (Å²) in [6.45, 7) is 3.57. The molecule has 22 heavy (non-hydrogen) atoms. The van der Waals surface area contributed by atoms with Gasteiger partial charge in [0.25, 0.3) is 0 Å². The van der Waals surface area contributed by atoms with Crippen LogP contribution < -0.4 is 4.74 Å². The van der Waals surface area contributed by atoms with Crippen LogP contribution >= 0.6 is 0 Å². The second-order valence-corrected chi connectivity index (χ2v) is 6.95. The Labute approximate surface area is 130 Å². The van der Waals surface area contributed by atoms with Gasteiger partial charge in [0.15, 0.2) is 0 Å². The molecule has 1 aromatic carbocycles. The van der Waals surface area contributed by atoms with Crippen LogP contribution in [0.4, 0.5) is 0 Å². The van der Waals surface area contributed by atoms with Crippen LogP contribution in [0.25, 0.3) is 11.1 Å². The third-order valence-corrected chi connectivity index (χ3v) is 5.64. The molecule has 1 spiro atoms. The van der Waals surface area contributed by atoms with Crippen LogP contribution in [0.1, 0.15) is 18.4 Å². The van der Waals surface area contributed by atoms with E-state index in [1.165, 1.54) is 42.6 Å². The number of aromatic nitrogens is 1. The highest BCUT2D eigenvalue weighted by atomic mass is 16.5. The summed E-state index contributed by atoms with van der Waals surface area (Å²) in [5.74, 6) is 1.57. The second-order valence-electron chi connectivity index (χ2n) is 6.95. The van der Waals surface area contributed by atoms with E-state index in [1.54, 1.807) is 0 Å². The number of hydrogen-bond acceptors (Lipinski definition) is 3. The topological polar surface area (TPSA) is 25.4 Å². The zero-order valence-electron chi connectivity index (χ0n) is 12.7. The molecule has 6 rings (SSSR count). The van der Waals surface area contributed by atoms with Gasteiger partial charge in [-0.25, -0.2) is 4.98 Å². The minimum Gasteiger partial charge on any atom is -0.469 e. The lowest BCUT2D eigenvalue weighted by Gasteiger charge is -2.50. The Kier molecular flexibility index (Phi) is 2.62. The molecule has 2 aromatic rings. The summed E-state index contributed by atoms with van der Waals surface area (Å²) in [7, 11) is 0. The zero-order valence-corrected chi connectivity index (χ0v) is 12.7. The summed E-state index contributed by atoms with van der Waals surface area (Å²) in [6.07, 6.45) is 5.53. The van der Waals surface area contributed by atoms with E-state index in [2.05, 4.69) is 46.3 Å². The number of ether oxygens (including phenoxy) is 1. The summed E-state index contributed by atoms with van der Waals surface area (Å²) in [5.41, 5.74) is 3.71. The van der Waals surface area contributed by atoms with Crippen LogP contribution in [-0.2, 0) is 6.42 Å². The Bertz CT molecular complexity index is 707. The van der Waals surface area contributed by atoms with E-state index < -0.39 is 0 Å². The molecule has 112 valence electrons. The number of benzene rings is 1. The number of piperidine rings is 3. The van der Waals surface area contributed by atoms with Gasteiger partial charge in [0.05, 0.1) is 0 Å². The lowest BCUT2D eigenvalue weighted by Crippen LogP contribution is -2.61. The molecule has 4 aliphatic heterocycles. The van der Waals surface area contributed by atoms with Gasteiger partial charge in [-0.15, -0.1) is 0 Å². The number of pyridine rings is 1. The van der Waals surface area contributed by atoms with E-state index in [9.17, 15) is 0 Å². The van der Waals surface area contributed by atoms with Crippen LogP contribution in [0.15, 0.2) is 42.6 Å². The van der Waals surface area contributed by atoms with Crippen molar-refractivity contribution in [3.63, 3.8) is 0 Å². The lowest BCUT2D eigenvalue weighted by molar-refractivity contribution is -0.0814. The van der Waals surface area contributed by atoms with Crippen molar-refractivity contribution in [2.75, 3.05) is 19.6 Å². The molecule has 3 saturated heterocycles. The molecule has 2 bridgehead atoms. The first-order valence-corrected chi connectivity index (χ1v) is 8.28. The average Bonchev–Trinajstić information content (AvgIpc) is 2.93. The van der Waals surface area contributed by atoms with Gasteiger partial charge in [0, 0.05) is 36.2 Å². The van der Waals surface area contributed by atoms with Gasteiger partial charge in [-0.2, -0.15) is 0 Å². The maximum Gasteiger partial charge on any atom is 0.217 e. The first kappa shape index (κ1) is 12.7. The molecule has 5 heterocycles. The molecule has 0 unspecified atom stereocenters. The molecule has 4 aliphatic rings. The molecule has 0 radical (unpaired) electrons. The fourth-order valence-electron chi connectivity index (χ4n) is 4.50. The average molecular weight is 292 g/mol. The Morgan fingerprint density at radius 2 is 1.91 bits per heavy atom. The van der Waals surface area contributed by atoms with Crippen LogP contribution in [0.2, 0.25) is 0 Å². The summed E-state index contributed by atoms with van der Waals surface area (Å²) in [4.78, 5) is 7.19. The minimum atomic E-state index is 0.00114. The molecule has 0 amide bonds. The highest BCUT2D eigenvalue weighted by Crippen LogP contribution is 2.46. The molecular weight excluding hydrogens is 272 g/mol. The van der Waals surface area contributed by atoms with Gasteiger partial charge in [0.2, 0.25) is 5.88 Å². The van der Waals surface area contributed by atoms with Crippen molar-refractivity contribution >= 4 is 0 Å². The Morgan fingerprint density at radius 3 is 2.64 bits per heavy atom. The van der Waals surface area contributed by atoms with E-state index in [1.807, 2.05) is 6.20 Å². The summed E-state index contributed by atoms with van der Waals surface area (Å²) in [6, 6.07) is 12.8. The quantitative estimate of drug-likeness (QED) is 0.807. The monoisotopic (exact) mass is 292 g/mol. The SMILES string of the molecule is c1ccc(-c2cnc3c(c2)C[C@@]2(CN4CCC2CC4)O3)cc1. The maximum absolute atomic E-state index is 6.41. The smallest absolute Gasteiger partial charge is 0.217 e. The van der Waals surface area contributed by atoms with Crippen molar-refractivity contribution in [1.29, 1.82) is 0 Å². The van der Waals surface area contributed by atoms with Crippen molar-refractivity contribution in [2.45, 2.75) is 24.9 Å². The Hall–Kier alpha value is -1.87. The van der Waals surface area contributed by atoms with E-state index >= 15 is 0 Å². The van der Waals surface area contributed by atoms with Crippen LogP contribution in [-0.4, -0.2) is 35.1 Å². The molecule has 1 atom stereocenters. The molecular formula is C19H20N2O. The van der Waals surface area contributed by atoms with E-state index in [0.717, 1.165) is 18.8 Å². The summed E-state index contributed by atoms with van der Waals surface area (Å²) < 4.78 is 6.41. The van der Waals surface area contributed by atoms with Crippen LogP contribution in [0.5, 0.6) is 5.88 Å². The third-order valence-electron chi connectivity index (χ3n) is 5.64. The largest absolute Gasteiger partial charge is 0.469 e. The van der Waals surface area contributed by atoms with Crippen molar-refractivity contribution in [3.8, 4) is 17.0 Å². The number of rotatable bonds is 1. The lowest BCUT2D eigenvalue weighted by atomic mass is 9.73. The van der Waals surface area contributed by atoms with E-state index in [0.29, 0.717) is 5.92 Å². The van der Waals surface area contributed by atoms with Crippen molar-refractivity contribution < 1.29 is 4.74 Å². The summed E-state index contributed by atoms with van der Waals surface area (Å²) >= 11 is 0. The van der Waals surface area contributed by atoms with Crippen molar-refractivity contribution in [1.82, 2.24) is 9.88 Å². The highest BCUT2D eigenvalue weighted by molar-refractivity contribution is 5.64. The Morgan fingerprint density at radius 1 is 1.09 bits per heavy atom. The zero-order chi connectivity index (χ0) is 14.6. The van der Waals surface area contributed by atoms with Gasteiger partial charge in [-0.05, 0) is 37.6 Å². The Balaban J connectivity index is 1.50. The standard InChI is InChI=1S/C19H20N2O/c1-2-4-14(5-3-1)16-10-15-11-19(22-18(15)20-12-16)13-21-8-6-17(19)7-9-21/h1-5,10,12,17H,6-9,11,13H2/t19-/m0/s1. The third kappa shape index (κ3) is 1.82. The predicted octanol–water partition coefficient (Wildman–Crippen LogP) is 3.15. The van der Waals surface area contributed by atoms with Gasteiger partial charge in [0.1, 0.15) is 5.60 Å². The maximum atomic E-state index is 6.41. The van der Waals surface area contributed by atoms with Gasteiger partial charge in [-0.3, -0.25) is 4.90 Å². The van der Waals surface area contributed by atoms with Crippen molar-refractivity contribution in [3.05, 3.63) is 48.2 Å². The van der Waals surface area contributed by atoms with Gasteiger partial charge >= 0.3 is 0 Å². The minimum absolute atomic E-state index is 0.00114. The molecule has 3 nitrogen and oxygen atoms in total. The van der Waals surface area contributed by atoms with E-state index in [4.69, 9.17) is 4.74 Å². The van der Waals surface area contributed by atoms with Gasteiger partial charge < -0.3 is 4.74 Å². The fraction of sp³-hybridized carbons (Fsp3) is 0.421. The number of fused-ring (bicyclic) bond motifs is 3. The first-order valence-electron chi connectivity index (χ1n) is 8.28. The normalized spacial score (nSPS) is 32.0. The number of nitrogens with zero attached hydrogens (tertiary/aromatic N) is 2. The predicted molar refractivity (Wildman–Crippen MR) is 85.9 cm³/mol. The second kappa shape index (κ2) is 4.56. The molecule has 0 N–H and O–H groups in total. The number of hydrogen-bond donors (Lipinski definition) is 0. The van der Waals surface area contributed by atoms with Crippen molar-refractivity contribution in [2.24, 2.45) is 5.92 Å². The van der Waals surface area contributed by atoms with E-state index in [-0.39, 0.29) is 5.60 Å². The first-order chi connectivity index (χ1) is 10.8. The highest BCUT2D eigenvalue weighted by Gasteiger charge is 2.52. The molecule has 0 saturated carbocycles. The molecule has 1 aromatic heterocycles. The molecule has 3 fully saturated rings.